The Labute approximate surface area is 106 Å². The van der Waals surface area contributed by atoms with Crippen LogP contribution in [0.4, 0.5) is 4.39 Å². The van der Waals surface area contributed by atoms with Gasteiger partial charge >= 0.3 is 5.97 Å². The van der Waals surface area contributed by atoms with Gasteiger partial charge in [-0.3, -0.25) is 0 Å². The Bertz CT molecular complexity index is 585. The van der Waals surface area contributed by atoms with Crippen molar-refractivity contribution >= 4 is 17.7 Å². The summed E-state index contributed by atoms with van der Waals surface area (Å²) in [5.41, 5.74) is -0.346. The zero-order valence-electron chi connectivity index (χ0n) is 9.38. The van der Waals surface area contributed by atoms with Gasteiger partial charge in [-0.2, -0.15) is 0 Å². The molecule has 0 aliphatic carbocycles. The van der Waals surface area contributed by atoms with Gasteiger partial charge in [0.2, 0.25) is 11.8 Å². The third-order valence-electron chi connectivity index (χ3n) is 2.10. The fraction of sp³-hybridized carbons (Fsp3) is 0.182. The molecule has 0 saturated carbocycles. The van der Waals surface area contributed by atoms with Crippen molar-refractivity contribution in [2.24, 2.45) is 0 Å². The standard InChI is InChI=1S/C11H9FN2O3S/c1-6-13-14-10(17-6)5-18-7-2-3-9(12)8(4-7)11(15)16/h2-4H,5H2,1H3,(H,15,16). The molecular formula is C11H9FN2O3S. The first-order chi connectivity index (χ1) is 8.56. The molecule has 94 valence electrons. The van der Waals surface area contributed by atoms with Crippen LogP contribution in [0.5, 0.6) is 0 Å². The summed E-state index contributed by atoms with van der Waals surface area (Å²) in [6, 6.07) is 3.92. The van der Waals surface area contributed by atoms with E-state index < -0.39 is 11.8 Å². The minimum Gasteiger partial charge on any atom is -0.478 e. The Balaban J connectivity index is 2.10. The fourth-order valence-electron chi connectivity index (χ4n) is 1.30. The first-order valence-corrected chi connectivity index (χ1v) is 5.99. The number of aryl methyl sites for hydroxylation is 1. The SMILES string of the molecule is Cc1nnc(CSc2ccc(F)c(C(=O)O)c2)o1. The molecule has 1 aromatic carbocycles. The van der Waals surface area contributed by atoms with Crippen molar-refractivity contribution in [2.75, 3.05) is 0 Å². The quantitative estimate of drug-likeness (QED) is 0.858. The molecular weight excluding hydrogens is 259 g/mol. The second-order valence-electron chi connectivity index (χ2n) is 3.45. The molecule has 7 heteroatoms. The van der Waals surface area contributed by atoms with E-state index in [0.717, 1.165) is 6.07 Å². The van der Waals surface area contributed by atoms with Crippen LogP contribution in [0.2, 0.25) is 0 Å². The van der Waals surface area contributed by atoms with E-state index in [1.54, 1.807) is 6.92 Å². The van der Waals surface area contributed by atoms with Crippen LogP contribution in [0.1, 0.15) is 22.1 Å². The Kier molecular flexibility index (Phi) is 3.61. The van der Waals surface area contributed by atoms with E-state index in [1.165, 1.54) is 23.9 Å². The molecule has 0 aliphatic heterocycles. The number of rotatable bonds is 4. The maximum absolute atomic E-state index is 13.2. The molecule has 0 spiro atoms. The highest BCUT2D eigenvalue weighted by Gasteiger charge is 2.11. The predicted octanol–water partition coefficient (Wildman–Crippen LogP) is 2.51. The van der Waals surface area contributed by atoms with Gasteiger partial charge in [0.05, 0.1) is 11.3 Å². The topological polar surface area (TPSA) is 76.2 Å². The summed E-state index contributed by atoms with van der Waals surface area (Å²) in [6.45, 7) is 1.68. The molecule has 0 atom stereocenters. The first kappa shape index (κ1) is 12.6. The zero-order chi connectivity index (χ0) is 13.1. The molecule has 0 aliphatic rings. The van der Waals surface area contributed by atoms with Crippen molar-refractivity contribution < 1.29 is 18.7 Å². The lowest BCUT2D eigenvalue weighted by atomic mass is 10.2. The number of aromatic nitrogens is 2. The first-order valence-electron chi connectivity index (χ1n) is 5.01. The summed E-state index contributed by atoms with van der Waals surface area (Å²) in [5, 5.41) is 16.3. The number of hydrogen-bond donors (Lipinski definition) is 1. The lowest BCUT2D eigenvalue weighted by Crippen LogP contribution is -2.00. The number of aromatic carboxylic acids is 1. The summed E-state index contributed by atoms with van der Waals surface area (Å²) in [5.74, 6) is -0.718. The number of thioether (sulfide) groups is 1. The zero-order valence-corrected chi connectivity index (χ0v) is 10.2. The summed E-state index contributed by atoms with van der Waals surface area (Å²) >= 11 is 1.30. The minimum absolute atomic E-state index is 0.346. The molecule has 0 unspecified atom stereocenters. The molecule has 0 fully saturated rings. The minimum atomic E-state index is -1.29. The van der Waals surface area contributed by atoms with E-state index in [9.17, 15) is 9.18 Å². The van der Waals surface area contributed by atoms with Crippen LogP contribution in [0.15, 0.2) is 27.5 Å². The largest absolute Gasteiger partial charge is 0.478 e. The molecule has 5 nitrogen and oxygen atoms in total. The van der Waals surface area contributed by atoms with Crippen LogP contribution in [0.25, 0.3) is 0 Å². The van der Waals surface area contributed by atoms with Gasteiger partial charge in [0.25, 0.3) is 0 Å². The Morgan fingerprint density at radius 1 is 1.50 bits per heavy atom. The van der Waals surface area contributed by atoms with Gasteiger partial charge in [0.15, 0.2) is 0 Å². The average molecular weight is 268 g/mol. The van der Waals surface area contributed by atoms with Crippen LogP contribution in [-0.4, -0.2) is 21.3 Å². The Hall–Kier alpha value is -1.89. The van der Waals surface area contributed by atoms with Crippen molar-refractivity contribution in [1.29, 1.82) is 0 Å². The van der Waals surface area contributed by atoms with Gasteiger partial charge in [-0.1, -0.05) is 0 Å². The Morgan fingerprint density at radius 3 is 2.89 bits per heavy atom. The number of halogens is 1. The molecule has 18 heavy (non-hydrogen) atoms. The van der Waals surface area contributed by atoms with E-state index in [1.807, 2.05) is 0 Å². The molecule has 2 rings (SSSR count). The lowest BCUT2D eigenvalue weighted by Gasteiger charge is -2.01. The molecule has 1 N–H and O–H groups in total. The summed E-state index contributed by atoms with van der Waals surface area (Å²) < 4.78 is 18.3. The van der Waals surface area contributed by atoms with Crippen molar-refractivity contribution in [3.8, 4) is 0 Å². The van der Waals surface area contributed by atoms with Crippen molar-refractivity contribution in [3.63, 3.8) is 0 Å². The summed E-state index contributed by atoms with van der Waals surface area (Å²) in [4.78, 5) is 11.4. The molecule has 1 aromatic heterocycles. The monoisotopic (exact) mass is 268 g/mol. The summed E-state index contributed by atoms with van der Waals surface area (Å²) in [6.07, 6.45) is 0. The Morgan fingerprint density at radius 2 is 2.28 bits per heavy atom. The van der Waals surface area contributed by atoms with Crippen LogP contribution >= 0.6 is 11.8 Å². The third-order valence-corrected chi connectivity index (χ3v) is 3.08. The molecule has 0 saturated heterocycles. The number of carboxylic acid groups (broad SMARTS) is 1. The van der Waals surface area contributed by atoms with Crippen LogP contribution in [0, 0.1) is 12.7 Å². The van der Waals surface area contributed by atoms with Gasteiger partial charge in [-0.15, -0.1) is 22.0 Å². The predicted molar refractivity (Wildman–Crippen MR) is 62.0 cm³/mol. The molecule has 2 aromatic rings. The second-order valence-corrected chi connectivity index (χ2v) is 4.50. The molecule has 1 heterocycles. The van der Waals surface area contributed by atoms with Gasteiger partial charge in [-0.25, -0.2) is 9.18 Å². The van der Waals surface area contributed by atoms with E-state index in [0.29, 0.717) is 22.4 Å². The number of hydrogen-bond acceptors (Lipinski definition) is 5. The third kappa shape index (κ3) is 2.86. The average Bonchev–Trinajstić information content (AvgIpc) is 2.74. The number of benzene rings is 1. The van der Waals surface area contributed by atoms with Gasteiger partial charge < -0.3 is 9.52 Å². The van der Waals surface area contributed by atoms with Crippen LogP contribution < -0.4 is 0 Å². The van der Waals surface area contributed by atoms with Crippen molar-refractivity contribution in [1.82, 2.24) is 10.2 Å². The highest BCUT2D eigenvalue weighted by molar-refractivity contribution is 7.98. The van der Waals surface area contributed by atoms with E-state index in [-0.39, 0.29) is 5.56 Å². The number of carbonyl (C=O) groups is 1. The van der Waals surface area contributed by atoms with E-state index in [4.69, 9.17) is 9.52 Å². The maximum atomic E-state index is 13.2. The number of carboxylic acids is 1. The maximum Gasteiger partial charge on any atom is 0.338 e. The number of nitrogens with zero attached hydrogens (tertiary/aromatic N) is 2. The van der Waals surface area contributed by atoms with Crippen LogP contribution in [0.3, 0.4) is 0 Å². The van der Waals surface area contributed by atoms with Gasteiger partial charge in [0.1, 0.15) is 5.82 Å². The van der Waals surface area contributed by atoms with E-state index >= 15 is 0 Å². The van der Waals surface area contributed by atoms with Gasteiger partial charge in [-0.05, 0) is 18.2 Å². The van der Waals surface area contributed by atoms with Crippen molar-refractivity contribution in [3.05, 3.63) is 41.4 Å². The highest BCUT2D eigenvalue weighted by atomic mass is 32.2. The highest BCUT2D eigenvalue weighted by Crippen LogP contribution is 2.24. The molecule has 0 radical (unpaired) electrons. The van der Waals surface area contributed by atoms with Crippen molar-refractivity contribution in [2.45, 2.75) is 17.6 Å². The summed E-state index contributed by atoms with van der Waals surface area (Å²) in [7, 11) is 0. The second kappa shape index (κ2) is 5.18. The normalized spacial score (nSPS) is 10.6. The van der Waals surface area contributed by atoms with Gasteiger partial charge in [0, 0.05) is 11.8 Å². The smallest absolute Gasteiger partial charge is 0.338 e. The van der Waals surface area contributed by atoms with Crippen LogP contribution in [-0.2, 0) is 5.75 Å². The lowest BCUT2D eigenvalue weighted by molar-refractivity contribution is 0.0691. The molecule has 0 bridgehead atoms. The fourth-order valence-corrected chi connectivity index (χ4v) is 2.07. The van der Waals surface area contributed by atoms with E-state index in [2.05, 4.69) is 10.2 Å². The molecule has 0 amide bonds.